The number of hydrogen-bond acceptors (Lipinski definition) is 3. The number of halogens is 1. The second-order valence-electron chi connectivity index (χ2n) is 4.14. The Morgan fingerprint density at radius 2 is 1.90 bits per heavy atom. The summed E-state index contributed by atoms with van der Waals surface area (Å²) in [6.45, 7) is 2.23. The highest BCUT2D eigenvalue weighted by Gasteiger charge is 2.13. The van der Waals surface area contributed by atoms with Crippen LogP contribution < -0.4 is 4.74 Å². The lowest BCUT2D eigenvalue weighted by molar-refractivity contribution is 0.0521. The second kappa shape index (κ2) is 6.70. The van der Waals surface area contributed by atoms with E-state index in [1.54, 1.807) is 13.0 Å². The highest BCUT2D eigenvalue weighted by Crippen LogP contribution is 2.18. The molecule has 2 rings (SSSR count). The van der Waals surface area contributed by atoms with Gasteiger partial charge in [0.2, 0.25) is 0 Å². The zero-order chi connectivity index (χ0) is 14.4. The van der Waals surface area contributed by atoms with E-state index in [0.29, 0.717) is 12.4 Å². The highest BCUT2D eigenvalue weighted by atomic mass is 19.1. The molecule has 2 aromatic carbocycles. The molecule has 0 atom stereocenters. The fourth-order valence-electron chi connectivity index (χ4n) is 1.70. The van der Waals surface area contributed by atoms with E-state index in [1.807, 2.05) is 30.3 Å². The zero-order valence-corrected chi connectivity index (χ0v) is 11.1. The maximum Gasteiger partial charge on any atom is 0.341 e. The van der Waals surface area contributed by atoms with E-state index in [-0.39, 0.29) is 12.2 Å². The van der Waals surface area contributed by atoms with Crippen LogP contribution in [0.1, 0.15) is 22.8 Å². The van der Waals surface area contributed by atoms with Crippen LogP contribution in [0.25, 0.3) is 0 Å². The van der Waals surface area contributed by atoms with E-state index in [0.717, 1.165) is 5.56 Å². The first-order valence-corrected chi connectivity index (χ1v) is 6.34. The van der Waals surface area contributed by atoms with Gasteiger partial charge in [0.1, 0.15) is 18.2 Å². The number of esters is 1. The molecule has 0 aliphatic rings. The molecule has 4 heteroatoms. The van der Waals surface area contributed by atoms with Crippen LogP contribution in [-0.4, -0.2) is 12.6 Å². The van der Waals surface area contributed by atoms with Gasteiger partial charge in [-0.05, 0) is 24.6 Å². The fourth-order valence-corrected chi connectivity index (χ4v) is 1.70. The van der Waals surface area contributed by atoms with Crippen molar-refractivity contribution in [3.8, 4) is 5.75 Å². The van der Waals surface area contributed by atoms with Gasteiger partial charge < -0.3 is 9.47 Å². The first-order valence-electron chi connectivity index (χ1n) is 6.34. The molecule has 0 aliphatic carbocycles. The SMILES string of the molecule is CCOC(=O)c1ccc(OCc2ccccc2)cc1F. The molecule has 0 saturated heterocycles. The summed E-state index contributed by atoms with van der Waals surface area (Å²) >= 11 is 0. The van der Waals surface area contributed by atoms with Gasteiger partial charge in [-0.25, -0.2) is 9.18 Å². The third kappa shape index (κ3) is 3.57. The number of benzene rings is 2. The van der Waals surface area contributed by atoms with Gasteiger partial charge in [-0.3, -0.25) is 0 Å². The summed E-state index contributed by atoms with van der Waals surface area (Å²) in [6.07, 6.45) is 0. The summed E-state index contributed by atoms with van der Waals surface area (Å²) in [7, 11) is 0. The van der Waals surface area contributed by atoms with Crippen molar-refractivity contribution in [2.45, 2.75) is 13.5 Å². The quantitative estimate of drug-likeness (QED) is 0.782. The van der Waals surface area contributed by atoms with Crippen LogP contribution in [-0.2, 0) is 11.3 Å². The van der Waals surface area contributed by atoms with Crippen LogP contribution in [0.2, 0.25) is 0 Å². The fraction of sp³-hybridized carbons (Fsp3) is 0.188. The molecule has 2 aromatic rings. The standard InChI is InChI=1S/C16H15FO3/c1-2-19-16(18)14-9-8-13(10-15(14)17)20-11-12-6-4-3-5-7-12/h3-10H,2,11H2,1H3. The Kier molecular flexibility index (Phi) is 4.71. The van der Waals surface area contributed by atoms with Crippen molar-refractivity contribution in [3.63, 3.8) is 0 Å². The lowest BCUT2D eigenvalue weighted by Gasteiger charge is -2.08. The minimum absolute atomic E-state index is 0.0843. The summed E-state index contributed by atoms with van der Waals surface area (Å²) < 4.78 is 24.0. The van der Waals surface area contributed by atoms with Gasteiger partial charge in [0.05, 0.1) is 12.2 Å². The van der Waals surface area contributed by atoms with Crippen molar-refractivity contribution in [2.24, 2.45) is 0 Å². The van der Waals surface area contributed by atoms with Gasteiger partial charge in [0, 0.05) is 6.07 Å². The predicted octanol–water partition coefficient (Wildman–Crippen LogP) is 3.58. The molecule has 0 bridgehead atoms. The molecule has 104 valence electrons. The largest absolute Gasteiger partial charge is 0.489 e. The van der Waals surface area contributed by atoms with E-state index in [2.05, 4.69) is 0 Å². The molecule has 0 spiro atoms. The summed E-state index contributed by atoms with van der Waals surface area (Å²) in [4.78, 5) is 11.5. The molecule has 3 nitrogen and oxygen atoms in total. The Bertz CT molecular complexity index is 582. The second-order valence-corrected chi connectivity index (χ2v) is 4.14. The number of ether oxygens (including phenoxy) is 2. The van der Waals surface area contributed by atoms with Crippen LogP contribution in [0.4, 0.5) is 4.39 Å². The van der Waals surface area contributed by atoms with Crippen LogP contribution in [0.5, 0.6) is 5.75 Å². The van der Waals surface area contributed by atoms with E-state index >= 15 is 0 Å². The number of carbonyl (C=O) groups excluding carboxylic acids is 1. The third-order valence-corrected chi connectivity index (χ3v) is 2.68. The van der Waals surface area contributed by atoms with Gasteiger partial charge in [-0.1, -0.05) is 30.3 Å². The van der Waals surface area contributed by atoms with Crippen molar-refractivity contribution in [1.82, 2.24) is 0 Å². The monoisotopic (exact) mass is 274 g/mol. The normalized spacial score (nSPS) is 10.1. The van der Waals surface area contributed by atoms with Crippen LogP contribution >= 0.6 is 0 Å². The van der Waals surface area contributed by atoms with Crippen LogP contribution in [0, 0.1) is 5.82 Å². The van der Waals surface area contributed by atoms with E-state index in [1.165, 1.54) is 12.1 Å². The molecule has 0 fully saturated rings. The molecule has 0 aromatic heterocycles. The zero-order valence-electron chi connectivity index (χ0n) is 11.1. The summed E-state index contributed by atoms with van der Waals surface area (Å²) in [5.74, 6) is -0.937. The van der Waals surface area contributed by atoms with Gasteiger partial charge in [0.15, 0.2) is 0 Å². The Morgan fingerprint density at radius 3 is 2.55 bits per heavy atom. The molecule has 0 heterocycles. The lowest BCUT2D eigenvalue weighted by atomic mass is 10.2. The Hall–Kier alpha value is -2.36. The first-order chi connectivity index (χ1) is 9.70. The van der Waals surface area contributed by atoms with Crippen molar-refractivity contribution in [2.75, 3.05) is 6.61 Å². The predicted molar refractivity (Wildman–Crippen MR) is 73.1 cm³/mol. The molecule has 0 radical (unpaired) electrons. The maximum atomic E-state index is 13.8. The average molecular weight is 274 g/mol. The molecule has 0 unspecified atom stereocenters. The van der Waals surface area contributed by atoms with E-state index in [4.69, 9.17) is 9.47 Å². The highest BCUT2D eigenvalue weighted by molar-refractivity contribution is 5.89. The van der Waals surface area contributed by atoms with Crippen molar-refractivity contribution in [1.29, 1.82) is 0 Å². The maximum absolute atomic E-state index is 13.8. The van der Waals surface area contributed by atoms with Crippen molar-refractivity contribution >= 4 is 5.97 Å². The molecule has 0 aliphatic heterocycles. The summed E-state index contributed by atoms with van der Waals surface area (Å²) in [5.41, 5.74) is 0.904. The minimum atomic E-state index is -0.667. The number of rotatable bonds is 5. The van der Waals surface area contributed by atoms with Crippen LogP contribution in [0.15, 0.2) is 48.5 Å². The van der Waals surface area contributed by atoms with Crippen molar-refractivity contribution in [3.05, 3.63) is 65.5 Å². The van der Waals surface area contributed by atoms with E-state index < -0.39 is 11.8 Å². The Balaban J connectivity index is 2.04. The van der Waals surface area contributed by atoms with Crippen LogP contribution in [0.3, 0.4) is 0 Å². The summed E-state index contributed by atoms with van der Waals surface area (Å²) in [6, 6.07) is 13.7. The lowest BCUT2D eigenvalue weighted by Crippen LogP contribution is -2.07. The molecular weight excluding hydrogens is 259 g/mol. The summed E-state index contributed by atoms with van der Waals surface area (Å²) in [5, 5.41) is 0. The molecule has 0 saturated carbocycles. The molecule has 20 heavy (non-hydrogen) atoms. The van der Waals surface area contributed by atoms with Gasteiger partial charge in [-0.15, -0.1) is 0 Å². The topological polar surface area (TPSA) is 35.5 Å². The Labute approximate surface area is 117 Å². The number of carbonyl (C=O) groups is 1. The molecule has 0 amide bonds. The average Bonchev–Trinajstić information content (AvgIpc) is 2.46. The molecular formula is C16H15FO3. The van der Waals surface area contributed by atoms with Gasteiger partial charge in [0.25, 0.3) is 0 Å². The van der Waals surface area contributed by atoms with E-state index in [9.17, 15) is 9.18 Å². The Morgan fingerprint density at radius 1 is 1.15 bits per heavy atom. The smallest absolute Gasteiger partial charge is 0.341 e. The first kappa shape index (κ1) is 14.1. The van der Waals surface area contributed by atoms with Gasteiger partial charge in [-0.2, -0.15) is 0 Å². The van der Waals surface area contributed by atoms with Crippen molar-refractivity contribution < 1.29 is 18.7 Å². The molecule has 0 N–H and O–H groups in total. The number of hydrogen-bond donors (Lipinski definition) is 0. The minimum Gasteiger partial charge on any atom is -0.489 e. The third-order valence-electron chi connectivity index (χ3n) is 2.68. The van der Waals surface area contributed by atoms with Gasteiger partial charge >= 0.3 is 5.97 Å².